The third-order valence-electron chi connectivity index (χ3n) is 4.12. The van der Waals surface area contributed by atoms with Crippen LogP contribution in [0.15, 0.2) is 18.2 Å². The van der Waals surface area contributed by atoms with Crippen molar-refractivity contribution in [2.24, 2.45) is 5.41 Å². The summed E-state index contributed by atoms with van der Waals surface area (Å²) in [6.07, 6.45) is 1.75. The molecule has 0 bridgehead atoms. The highest BCUT2D eigenvalue weighted by molar-refractivity contribution is 5.74. The lowest BCUT2D eigenvalue weighted by molar-refractivity contribution is 0.172. The topological polar surface area (TPSA) is 85.2 Å². The zero-order chi connectivity index (χ0) is 16.2. The first kappa shape index (κ1) is 16.3. The molecule has 2 amide bonds. The first-order chi connectivity index (χ1) is 10.4. The molecule has 118 valence electrons. The van der Waals surface area contributed by atoms with E-state index in [4.69, 9.17) is 5.26 Å². The molecule has 0 heterocycles. The number of benzene rings is 1. The van der Waals surface area contributed by atoms with Crippen LogP contribution in [0.5, 0.6) is 0 Å². The standard InChI is InChI=1S/C17H23N3O2/c1-12-7-13(2)9-14(8-12)15(21)10-19-16(22)20-11-17(3-4-17)5-6-18/h7-9,15,21H,3-5,10-11H2,1-2H3,(H2,19,20,22)/t15-/m0/s1. The molecule has 1 aliphatic carbocycles. The fourth-order valence-electron chi connectivity index (χ4n) is 2.60. The molecule has 5 nitrogen and oxygen atoms in total. The molecule has 1 aliphatic rings. The Morgan fingerprint density at radius 1 is 1.32 bits per heavy atom. The van der Waals surface area contributed by atoms with E-state index in [1.165, 1.54) is 0 Å². The first-order valence-electron chi connectivity index (χ1n) is 7.59. The Hall–Kier alpha value is -2.06. The van der Waals surface area contributed by atoms with Crippen molar-refractivity contribution in [2.75, 3.05) is 13.1 Å². The molecular formula is C17H23N3O2. The summed E-state index contributed by atoms with van der Waals surface area (Å²) >= 11 is 0. The van der Waals surface area contributed by atoms with Gasteiger partial charge in [-0.25, -0.2) is 4.79 Å². The summed E-state index contributed by atoms with van der Waals surface area (Å²) < 4.78 is 0. The quantitative estimate of drug-likeness (QED) is 0.754. The number of hydrogen-bond acceptors (Lipinski definition) is 3. The van der Waals surface area contributed by atoms with Crippen LogP contribution in [0.3, 0.4) is 0 Å². The number of hydrogen-bond donors (Lipinski definition) is 3. The summed E-state index contributed by atoms with van der Waals surface area (Å²) in [7, 11) is 0. The first-order valence-corrected chi connectivity index (χ1v) is 7.59. The van der Waals surface area contributed by atoms with Crippen molar-refractivity contribution < 1.29 is 9.90 Å². The second kappa shape index (κ2) is 6.80. The van der Waals surface area contributed by atoms with Crippen molar-refractivity contribution in [2.45, 2.75) is 39.2 Å². The minimum Gasteiger partial charge on any atom is -0.387 e. The van der Waals surface area contributed by atoms with Gasteiger partial charge in [-0.1, -0.05) is 29.3 Å². The monoisotopic (exact) mass is 301 g/mol. The van der Waals surface area contributed by atoms with Crippen LogP contribution in [-0.4, -0.2) is 24.2 Å². The van der Waals surface area contributed by atoms with E-state index in [1.54, 1.807) is 0 Å². The summed E-state index contributed by atoms with van der Waals surface area (Å²) in [6.45, 7) is 4.65. The summed E-state index contributed by atoms with van der Waals surface area (Å²) in [5.74, 6) is 0. The molecule has 0 aliphatic heterocycles. The molecular weight excluding hydrogens is 278 g/mol. The Balaban J connectivity index is 1.77. The van der Waals surface area contributed by atoms with Gasteiger partial charge in [0.1, 0.15) is 0 Å². The predicted octanol–water partition coefficient (Wildman–Crippen LogP) is 2.33. The van der Waals surface area contributed by atoms with E-state index >= 15 is 0 Å². The van der Waals surface area contributed by atoms with Gasteiger partial charge in [0.2, 0.25) is 0 Å². The molecule has 3 N–H and O–H groups in total. The van der Waals surface area contributed by atoms with Gasteiger partial charge in [-0.05, 0) is 32.3 Å². The second-order valence-corrected chi connectivity index (χ2v) is 6.34. The van der Waals surface area contributed by atoms with Crippen molar-refractivity contribution in [1.29, 1.82) is 5.26 Å². The molecule has 22 heavy (non-hydrogen) atoms. The van der Waals surface area contributed by atoms with Gasteiger partial charge < -0.3 is 15.7 Å². The lowest BCUT2D eigenvalue weighted by Gasteiger charge is -2.16. The van der Waals surface area contributed by atoms with Gasteiger partial charge in [0.25, 0.3) is 0 Å². The number of aryl methyl sites for hydroxylation is 2. The van der Waals surface area contributed by atoms with E-state index in [2.05, 4.69) is 16.7 Å². The predicted molar refractivity (Wildman–Crippen MR) is 84.2 cm³/mol. The van der Waals surface area contributed by atoms with Crippen molar-refractivity contribution in [3.63, 3.8) is 0 Å². The van der Waals surface area contributed by atoms with E-state index < -0.39 is 6.10 Å². The van der Waals surface area contributed by atoms with Crippen LogP contribution >= 0.6 is 0 Å². The van der Waals surface area contributed by atoms with Crippen LogP contribution in [0, 0.1) is 30.6 Å². The SMILES string of the molecule is Cc1cc(C)cc([C@@H](O)CNC(=O)NCC2(CC#N)CC2)c1. The molecule has 0 radical (unpaired) electrons. The number of amides is 2. The molecule has 0 unspecified atom stereocenters. The van der Waals surface area contributed by atoms with E-state index in [1.807, 2.05) is 32.0 Å². The highest BCUT2D eigenvalue weighted by Crippen LogP contribution is 2.47. The maximum atomic E-state index is 11.8. The summed E-state index contributed by atoms with van der Waals surface area (Å²) in [5, 5.41) is 24.4. The Labute approximate surface area is 131 Å². The average molecular weight is 301 g/mol. The molecule has 1 saturated carbocycles. The summed E-state index contributed by atoms with van der Waals surface area (Å²) in [5.41, 5.74) is 2.97. The van der Waals surface area contributed by atoms with Crippen molar-refractivity contribution in [3.05, 3.63) is 34.9 Å². The number of nitriles is 1. The van der Waals surface area contributed by atoms with Gasteiger partial charge in [0, 0.05) is 24.9 Å². The Bertz CT molecular complexity index is 568. The Morgan fingerprint density at radius 2 is 1.95 bits per heavy atom. The number of aliphatic hydroxyl groups is 1. The smallest absolute Gasteiger partial charge is 0.314 e. The van der Waals surface area contributed by atoms with Crippen LogP contribution in [0.25, 0.3) is 0 Å². The van der Waals surface area contributed by atoms with E-state index in [0.717, 1.165) is 29.5 Å². The van der Waals surface area contributed by atoms with Crippen LogP contribution in [0.4, 0.5) is 4.79 Å². The van der Waals surface area contributed by atoms with Gasteiger partial charge in [-0.3, -0.25) is 0 Å². The highest BCUT2D eigenvalue weighted by atomic mass is 16.3. The number of rotatable bonds is 6. The van der Waals surface area contributed by atoms with Gasteiger partial charge in [0.15, 0.2) is 0 Å². The highest BCUT2D eigenvalue weighted by Gasteiger charge is 2.42. The molecule has 1 atom stereocenters. The molecule has 2 rings (SSSR count). The summed E-state index contributed by atoms with van der Waals surface area (Å²) in [4.78, 5) is 11.8. The fourth-order valence-corrected chi connectivity index (χ4v) is 2.60. The molecule has 1 aromatic rings. The number of carbonyl (C=O) groups excluding carboxylic acids is 1. The fraction of sp³-hybridized carbons (Fsp3) is 0.529. The minimum absolute atomic E-state index is 0.0155. The lowest BCUT2D eigenvalue weighted by Crippen LogP contribution is -2.40. The second-order valence-electron chi connectivity index (χ2n) is 6.34. The molecule has 0 saturated heterocycles. The van der Waals surface area contributed by atoms with Crippen LogP contribution in [0.1, 0.15) is 42.1 Å². The zero-order valence-corrected chi connectivity index (χ0v) is 13.1. The third-order valence-corrected chi connectivity index (χ3v) is 4.12. The van der Waals surface area contributed by atoms with Gasteiger partial charge in [0.05, 0.1) is 12.2 Å². The Morgan fingerprint density at radius 3 is 2.50 bits per heavy atom. The molecule has 0 spiro atoms. The third kappa shape index (κ3) is 4.47. The van der Waals surface area contributed by atoms with Crippen LogP contribution < -0.4 is 10.6 Å². The van der Waals surface area contributed by atoms with Gasteiger partial charge in [-0.2, -0.15) is 5.26 Å². The number of nitrogens with one attached hydrogen (secondary N) is 2. The van der Waals surface area contributed by atoms with E-state index in [9.17, 15) is 9.90 Å². The number of aliphatic hydroxyl groups excluding tert-OH is 1. The summed E-state index contributed by atoms with van der Waals surface area (Å²) in [6, 6.07) is 7.75. The molecule has 1 fully saturated rings. The maximum absolute atomic E-state index is 11.8. The van der Waals surface area contributed by atoms with Gasteiger partial charge >= 0.3 is 6.03 Å². The van der Waals surface area contributed by atoms with Crippen LogP contribution in [-0.2, 0) is 0 Å². The van der Waals surface area contributed by atoms with Gasteiger partial charge in [-0.15, -0.1) is 0 Å². The Kier molecular flexibility index (Phi) is 5.04. The maximum Gasteiger partial charge on any atom is 0.314 e. The number of nitrogens with zero attached hydrogens (tertiary/aromatic N) is 1. The van der Waals surface area contributed by atoms with Crippen molar-refractivity contribution in [1.82, 2.24) is 10.6 Å². The molecule has 0 aromatic heterocycles. The minimum atomic E-state index is -0.724. The van der Waals surface area contributed by atoms with Crippen molar-refractivity contribution >= 4 is 6.03 Å². The molecule has 1 aromatic carbocycles. The van der Waals surface area contributed by atoms with E-state index in [-0.39, 0.29) is 18.0 Å². The average Bonchev–Trinajstić information content (AvgIpc) is 3.22. The lowest BCUT2D eigenvalue weighted by atomic mass is 10.0. The largest absolute Gasteiger partial charge is 0.387 e. The van der Waals surface area contributed by atoms with Crippen LogP contribution in [0.2, 0.25) is 0 Å². The van der Waals surface area contributed by atoms with E-state index in [0.29, 0.717) is 13.0 Å². The number of urea groups is 1. The zero-order valence-electron chi connectivity index (χ0n) is 13.1. The molecule has 5 heteroatoms. The number of carbonyl (C=O) groups is 1. The van der Waals surface area contributed by atoms with Crippen molar-refractivity contribution in [3.8, 4) is 6.07 Å². The normalized spacial score (nSPS) is 16.5.